The van der Waals surface area contributed by atoms with Crippen LogP contribution < -0.4 is 10.1 Å². The Kier molecular flexibility index (Phi) is 6.34. The second-order valence-corrected chi connectivity index (χ2v) is 13.3. The number of nitro benzene ring substituents is 1. The van der Waals surface area contributed by atoms with Crippen molar-refractivity contribution in [2.75, 3.05) is 11.9 Å². The molecule has 0 atom stereocenters. The highest BCUT2D eigenvalue weighted by Crippen LogP contribution is 2.25. The van der Waals surface area contributed by atoms with Gasteiger partial charge in [-0.15, -0.1) is 0 Å². The SMILES string of the molecule is CC(C)C(=O)Nc1nc(OCCc2ccc([N+](=O)[O-])cc2)c2ncn([Si](C)(C)C)c2n1. The van der Waals surface area contributed by atoms with Gasteiger partial charge in [-0.3, -0.25) is 20.2 Å². The number of anilines is 1. The van der Waals surface area contributed by atoms with Gasteiger partial charge in [-0.05, 0) is 5.56 Å². The lowest BCUT2D eigenvalue weighted by Gasteiger charge is -2.18. The molecule has 2 heterocycles. The molecular formula is C20H26N6O4Si. The molecule has 0 unspecified atom stereocenters. The molecule has 0 saturated heterocycles. The molecule has 164 valence electrons. The van der Waals surface area contributed by atoms with E-state index < -0.39 is 13.2 Å². The number of nitrogens with one attached hydrogen (secondary N) is 1. The number of hydrogen-bond donors (Lipinski definition) is 1. The van der Waals surface area contributed by atoms with E-state index in [1.807, 2.05) is 4.23 Å². The van der Waals surface area contributed by atoms with Crippen LogP contribution in [0.3, 0.4) is 0 Å². The topological polar surface area (TPSA) is 125 Å². The number of ether oxygens (including phenoxy) is 1. The fraction of sp³-hybridized carbons (Fsp3) is 0.400. The number of rotatable bonds is 8. The van der Waals surface area contributed by atoms with Crippen molar-refractivity contribution in [1.82, 2.24) is 19.2 Å². The fourth-order valence-electron chi connectivity index (χ4n) is 2.83. The maximum Gasteiger partial charge on any atom is 0.269 e. The van der Waals surface area contributed by atoms with Crippen LogP contribution in [0.4, 0.5) is 11.6 Å². The van der Waals surface area contributed by atoms with Crippen LogP contribution in [-0.2, 0) is 11.2 Å². The van der Waals surface area contributed by atoms with E-state index in [0.29, 0.717) is 30.1 Å². The maximum atomic E-state index is 12.2. The maximum absolute atomic E-state index is 12.2. The van der Waals surface area contributed by atoms with Crippen molar-refractivity contribution < 1.29 is 14.5 Å². The van der Waals surface area contributed by atoms with Crippen LogP contribution in [0.2, 0.25) is 19.6 Å². The molecule has 31 heavy (non-hydrogen) atoms. The van der Waals surface area contributed by atoms with E-state index in [1.54, 1.807) is 32.3 Å². The Hall–Kier alpha value is -3.34. The van der Waals surface area contributed by atoms with Gasteiger partial charge in [-0.25, -0.2) is 4.98 Å². The number of imidazole rings is 1. The van der Waals surface area contributed by atoms with Crippen LogP contribution in [0.1, 0.15) is 19.4 Å². The van der Waals surface area contributed by atoms with Crippen molar-refractivity contribution in [3.8, 4) is 5.88 Å². The monoisotopic (exact) mass is 442 g/mol. The van der Waals surface area contributed by atoms with E-state index in [9.17, 15) is 14.9 Å². The number of aromatic nitrogens is 4. The zero-order valence-corrected chi connectivity index (χ0v) is 19.2. The summed E-state index contributed by atoms with van der Waals surface area (Å²) in [5.74, 6) is 0.0717. The van der Waals surface area contributed by atoms with Crippen molar-refractivity contribution >= 4 is 36.9 Å². The van der Waals surface area contributed by atoms with Crippen molar-refractivity contribution in [3.05, 3.63) is 46.3 Å². The lowest BCUT2D eigenvalue weighted by molar-refractivity contribution is -0.384. The van der Waals surface area contributed by atoms with Crippen molar-refractivity contribution in [3.63, 3.8) is 0 Å². The summed E-state index contributed by atoms with van der Waals surface area (Å²) in [6.45, 7) is 10.4. The van der Waals surface area contributed by atoms with Gasteiger partial charge in [0, 0.05) is 24.5 Å². The van der Waals surface area contributed by atoms with Crippen molar-refractivity contribution in [1.29, 1.82) is 0 Å². The fourth-order valence-corrected chi connectivity index (χ4v) is 4.02. The summed E-state index contributed by atoms with van der Waals surface area (Å²) in [6, 6.07) is 6.33. The van der Waals surface area contributed by atoms with Crippen LogP contribution in [0.25, 0.3) is 11.2 Å². The number of fused-ring (bicyclic) bond motifs is 1. The molecule has 0 saturated carbocycles. The predicted molar refractivity (Wildman–Crippen MR) is 120 cm³/mol. The Morgan fingerprint density at radius 2 is 1.90 bits per heavy atom. The summed E-state index contributed by atoms with van der Waals surface area (Å²) >= 11 is 0. The minimum Gasteiger partial charge on any atom is -0.476 e. The molecule has 0 fully saturated rings. The Balaban J connectivity index is 1.86. The number of nitro groups is 1. The molecule has 3 aromatic rings. The number of amides is 1. The standard InChI is InChI=1S/C20H26N6O4Si/c1-13(2)18(27)23-20-22-17-16(21-12-25(17)31(3,4)5)19(24-20)30-11-10-14-6-8-15(9-7-14)26(28)29/h6-9,12-13H,10-11H2,1-5H3,(H,22,23,24,27). The van der Waals surface area contributed by atoms with Gasteiger partial charge in [-0.1, -0.05) is 45.6 Å². The summed E-state index contributed by atoms with van der Waals surface area (Å²) < 4.78 is 7.95. The highest BCUT2D eigenvalue weighted by molar-refractivity contribution is 6.75. The van der Waals surface area contributed by atoms with Crippen LogP contribution in [-0.4, -0.2) is 44.9 Å². The largest absolute Gasteiger partial charge is 0.476 e. The molecule has 1 amide bonds. The highest BCUT2D eigenvalue weighted by Gasteiger charge is 2.23. The third-order valence-electron chi connectivity index (χ3n) is 4.62. The first-order valence-electron chi connectivity index (χ1n) is 9.99. The molecule has 0 aliphatic rings. The van der Waals surface area contributed by atoms with Gasteiger partial charge >= 0.3 is 0 Å². The average Bonchev–Trinajstić information content (AvgIpc) is 3.13. The van der Waals surface area contributed by atoms with E-state index in [1.165, 1.54) is 12.1 Å². The van der Waals surface area contributed by atoms with E-state index in [0.717, 1.165) is 5.56 Å². The van der Waals surface area contributed by atoms with Gasteiger partial charge in [0.15, 0.2) is 19.4 Å². The smallest absolute Gasteiger partial charge is 0.269 e. The summed E-state index contributed by atoms with van der Waals surface area (Å²) in [6.07, 6.45) is 2.27. The van der Waals surface area contributed by atoms with E-state index in [2.05, 4.69) is 39.9 Å². The van der Waals surface area contributed by atoms with Gasteiger partial charge in [-0.2, -0.15) is 9.97 Å². The number of carbonyl (C=O) groups is 1. The van der Waals surface area contributed by atoms with Crippen LogP contribution in [0.15, 0.2) is 30.6 Å². The number of hydrogen-bond acceptors (Lipinski definition) is 7. The third kappa shape index (κ3) is 5.23. The van der Waals surface area contributed by atoms with Crippen LogP contribution in [0, 0.1) is 16.0 Å². The van der Waals surface area contributed by atoms with Gasteiger partial charge in [0.1, 0.15) is 0 Å². The number of carbonyl (C=O) groups excluding carboxylic acids is 1. The molecule has 0 radical (unpaired) electrons. The van der Waals surface area contributed by atoms with Gasteiger partial charge in [0.2, 0.25) is 17.7 Å². The molecule has 0 spiro atoms. The molecule has 3 rings (SSSR count). The molecule has 0 aliphatic carbocycles. The minimum absolute atomic E-state index is 0.0459. The summed E-state index contributed by atoms with van der Waals surface area (Å²) in [5.41, 5.74) is 2.11. The van der Waals surface area contributed by atoms with E-state index in [4.69, 9.17) is 4.74 Å². The Morgan fingerprint density at radius 1 is 1.23 bits per heavy atom. The Morgan fingerprint density at radius 3 is 2.48 bits per heavy atom. The molecule has 0 bridgehead atoms. The normalized spacial score (nSPS) is 11.7. The quantitative estimate of drug-likeness (QED) is 0.321. The number of nitrogens with zero attached hydrogens (tertiary/aromatic N) is 5. The molecule has 2 aromatic heterocycles. The lowest BCUT2D eigenvalue weighted by atomic mass is 10.1. The third-order valence-corrected chi connectivity index (χ3v) is 6.40. The molecule has 11 heteroatoms. The van der Waals surface area contributed by atoms with Crippen molar-refractivity contribution in [2.45, 2.75) is 39.9 Å². The Labute approximate surface area is 180 Å². The summed E-state index contributed by atoms with van der Waals surface area (Å²) in [4.78, 5) is 35.9. The van der Waals surface area contributed by atoms with Gasteiger partial charge < -0.3 is 8.97 Å². The van der Waals surface area contributed by atoms with Crippen molar-refractivity contribution in [2.24, 2.45) is 5.92 Å². The predicted octanol–water partition coefficient (Wildman–Crippen LogP) is 3.63. The molecule has 1 aromatic carbocycles. The zero-order chi connectivity index (χ0) is 22.8. The number of non-ortho nitro benzene ring substituents is 1. The van der Waals surface area contributed by atoms with E-state index >= 15 is 0 Å². The zero-order valence-electron chi connectivity index (χ0n) is 18.2. The average molecular weight is 443 g/mol. The van der Waals surface area contributed by atoms with Gasteiger partial charge in [0.05, 0.1) is 17.9 Å². The van der Waals surface area contributed by atoms with Crippen LogP contribution >= 0.6 is 0 Å². The second kappa shape index (κ2) is 8.80. The molecule has 1 N–H and O–H groups in total. The van der Waals surface area contributed by atoms with Crippen LogP contribution in [0.5, 0.6) is 5.88 Å². The lowest BCUT2D eigenvalue weighted by Crippen LogP contribution is -2.31. The first-order chi connectivity index (χ1) is 14.6. The summed E-state index contributed by atoms with van der Waals surface area (Å²) in [7, 11) is -1.81. The second-order valence-electron chi connectivity index (χ2n) is 8.48. The minimum atomic E-state index is -1.81. The Bertz CT molecular complexity index is 1110. The summed E-state index contributed by atoms with van der Waals surface area (Å²) in [5, 5.41) is 13.5. The highest BCUT2D eigenvalue weighted by atomic mass is 28.3. The van der Waals surface area contributed by atoms with Gasteiger partial charge in [0.25, 0.3) is 5.69 Å². The molecule has 0 aliphatic heterocycles. The molecule has 10 nitrogen and oxygen atoms in total. The molecular weight excluding hydrogens is 416 g/mol. The first kappa shape index (κ1) is 22.3. The number of benzene rings is 1. The van der Waals surface area contributed by atoms with E-state index in [-0.39, 0.29) is 23.5 Å². The first-order valence-corrected chi connectivity index (χ1v) is 13.4.